The van der Waals surface area contributed by atoms with E-state index in [0.29, 0.717) is 0 Å². The van der Waals surface area contributed by atoms with Gasteiger partial charge >= 0.3 is 0 Å². The van der Waals surface area contributed by atoms with Gasteiger partial charge in [0.1, 0.15) is 0 Å². The van der Waals surface area contributed by atoms with Crippen LogP contribution in [0, 0.1) is 11.8 Å². The number of rotatable bonds is 7. The molecular weight excluding hydrogens is 168 g/mol. The largest absolute Gasteiger partial charge is 0.0859 e. The first kappa shape index (κ1) is 13.7. The van der Waals surface area contributed by atoms with Crippen molar-refractivity contribution >= 4 is 0 Å². The lowest BCUT2D eigenvalue weighted by atomic mass is 9.96. The van der Waals surface area contributed by atoms with Crippen LogP contribution >= 0.6 is 0 Å². The van der Waals surface area contributed by atoms with E-state index in [1.165, 1.54) is 37.7 Å². The standard InChI is InChI=1S/C14H28/c1-12(2)8-6-10-14(5)11-7-9-13(3)4/h8,13-14H,6-7,9-11H2,1-5H3. The van der Waals surface area contributed by atoms with Crippen molar-refractivity contribution in [2.75, 3.05) is 0 Å². The van der Waals surface area contributed by atoms with Gasteiger partial charge in [-0.25, -0.2) is 0 Å². The Labute approximate surface area is 90.8 Å². The Bertz CT molecular complexity index is 149. The summed E-state index contributed by atoms with van der Waals surface area (Å²) in [5, 5.41) is 0. The van der Waals surface area contributed by atoms with E-state index in [0.717, 1.165) is 11.8 Å². The fourth-order valence-electron chi connectivity index (χ4n) is 1.68. The predicted molar refractivity (Wildman–Crippen MR) is 66.5 cm³/mol. The van der Waals surface area contributed by atoms with E-state index < -0.39 is 0 Å². The highest BCUT2D eigenvalue weighted by atomic mass is 14.1. The van der Waals surface area contributed by atoms with Gasteiger partial charge in [0.25, 0.3) is 0 Å². The molecule has 0 aromatic rings. The van der Waals surface area contributed by atoms with E-state index in [1.54, 1.807) is 0 Å². The van der Waals surface area contributed by atoms with E-state index in [1.807, 2.05) is 0 Å². The molecule has 14 heavy (non-hydrogen) atoms. The van der Waals surface area contributed by atoms with Crippen molar-refractivity contribution in [2.45, 2.75) is 66.7 Å². The minimum absolute atomic E-state index is 0.875. The van der Waals surface area contributed by atoms with Gasteiger partial charge in [-0.3, -0.25) is 0 Å². The molecule has 0 fully saturated rings. The van der Waals surface area contributed by atoms with Gasteiger partial charge in [-0.05, 0) is 38.5 Å². The maximum atomic E-state index is 2.39. The van der Waals surface area contributed by atoms with Gasteiger partial charge in [0.05, 0.1) is 0 Å². The summed E-state index contributed by atoms with van der Waals surface area (Å²) in [6.07, 6.45) is 9.21. The number of hydrogen-bond donors (Lipinski definition) is 0. The van der Waals surface area contributed by atoms with Crippen molar-refractivity contribution in [1.29, 1.82) is 0 Å². The van der Waals surface area contributed by atoms with E-state index in [-0.39, 0.29) is 0 Å². The van der Waals surface area contributed by atoms with Gasteiger partial charge in [-0.15, -0.1) is 0 Å². The second-order valence-electron chi connectivity index (χ2n) is 5.29. The van der Waals surface area contributed by atoms with Crippen LogP contribution in [0.5, 0.6) is 0 Å². The average Bonchev–Trinajstić information content (AvgIpc) is 2.02. The lowest BCUT2D eigenvalue weighted by Crippen LogP contribution is -1.96. The molecule has 0 heterocycles. The van der Waals surface area contributed by atoms with Crippen LogP contribution in [0.25, 0.3) is 0 Å². The zero-order valence-corrected chi connectivity index (χ0v) is 10.8. The van der Waals surface area contributed by atoms with Crippen molar-refractivity contribution in [1.82, 2.24) is 0 Å². The van der Waals surface area contributed by atoms with Crippen LogP contribution in [-0.4, -0.2) is 0 Å². The molecule has 0 saturated heterocycles. The molecule has 0 N–H and O–H groups in total. The van der Waals surface area contributed by atoms with Crippen molar-refractivity contribution in [3.63, 3.8) is 0 Å². The smallest absolute Gasteiger partial charge is 0.0346 e. The Kier molecular flexibility index (Phi) is 7.93. The highest BCUT2D eigenvalue weighted by Gasteiger charge is 2.01. The lowest BCUT2D eigenvalue weighted by molar-refractivity contribution is 0.439. The fraction of sp³-hybridized carbons (Fsp3) is 0.857. The van der Waals surface area contributed by atoms with E-state index in [9.17, 15) is 0 Å². The molecule has 0 heteroatoms. The minimum atomic E-state index is 0.875. The quantitative estimate of drug-likeness (QED) is 0.491. The maximum absolute atomic E-state index is 2.39. The van der Waals surface area contributed by atoms with Gasteiger partial charge in [0, 0.05) is 0 Å². The Morgan fingerprint density at radius 3 is 2.14 bits per heavy atom. The van der Waals surface area contributed by atoms with Crippen molar-refractivity contribution < 1.29 is 0 Å². The molecule has 0 saturated carbocycles. The second-order valence-corrected chi connectivity index (χ2v) is 5.29. The Hall–Kier alpha value is -0.260. The van der Waals surface area contributed by atoms with Crippen LogP contribution in [0.15, 0.2) is 11.6 Å². The van der Waals surface area contributed by atoms with Crippen LogP contribution in [0.3, 0.4) is 0 Å². The van der Waals surface area contributed by atoms with Gasteiger partial charge in [0.2, 0.25) is 0 Å². The Morgan fingerprint density at radius 2 is 1.64 bits per heavy atom. The van der Waals surface area contributed by atoms with Crippen molar-refractivity contribution in [3.8, 4) is 0 Å². The highest BCUT2D eigenvalue weighted by Crippen LogP contribution is 2.17. The Morgan fingerprint density at radius 1 is 1.00 bits per heavy atom. The van der Waals surface area contributed by atoms with Crippen molar-refractivity contribution in [3.05, 3.63) is 11.6 Å². The molecule has 0 aliphatic heterocycles. The molecule has 0 spiro atoms. The first-order valence-corrected chi connectivity index (χ1v) is 6.15. The monoisotopic (exact) mass is 196 g/mol. The molecule has 0 amide bonds. The fourth-order valence-corrected chi connectivity index (χ4v) is 1.68. The SMILES string of the molecule is CC(C)=CCCC(C)CCCC(C)C. The molecule has 0 aromatic carbocycles. The lowest BCUT2D eigenvalue weighted by Gasteiger charge is -2.10. The van der Waals surface area contributed by atoms with Crippen molar-refractivity contribution in [2.24, 2.45) is 11.8 Å². The molecule has 1 unspecified atom stereocenters. The molecule has 0 rings (SSSR count). The summed E-state index contributed by atoms with van der Waals surface area (Å²) in [5.74, 6) is 1.78. The summed E-state index contributed by atoms with van der Waals surface area (Å²) in [7, 11) is 0. The van der Waals surface area contributed by atoms with Gasteiger partial charge < -0.3 is 0 Å². The summed E-state index contributed by atoms with van der Waals surface area (Å²) in [5.41, 5.74) is 1.46. The zero-order valence-electron chi connectivity index (χ0n) is 10.8. The first-order valence-electron chi connectivity index (χ1n) is 6.15. The normalized spacial score (nSPS) is 13.0. The van der Waals surface area contributed by atoms with Crippen LogP contribution in [0.1, 0.15) is 66.7 Å². The maximum Gasteiger partial charge on any atom is -0.0346 e. The van der Waals surface area contributed by atoms with Crippen LogP contribution in [-0.2, 0) is 0 Å². The molecule has 0 aliphatic carbocycles. The number of hydrogen-bond acceptors (Lipinski definition) is 0. The van der Waals surface area contributed by atoms with Gasteiger partial charge in [-0.2, -0.15) is 0 Å². The second kappa shape index (κ2) is 8.08. The summed E-state index contributed by atoms with van der Waals surface area (Å²) in [6.45, 7) is 11.4. The molecule has 0 nitrogen and oxygen atoms in total. The van der Waals surface area contributed by atoms with Crippen LogP contribution < -0.4 is 0 Å². The third kappa shape index (κ3) is 9.83. The molecule has 84 valence electrons. The molecule has 0 aliphatic rings. The summed E-state index contributed by atoms with van der Waals surface area (Å²) in [6, 6.07) is 0. The average molecular weight is 196 g/mol. The van der Waals surface area contributed by atoms with Gasteiger partial charge in [-0.1, -0.05) is 51.7 Å². The molecule has 1 atom stereocenters. The first-order chi connectivity index (χ1) is 6.52. The highest BCUT2D eigenvalue weighted by molar-refractivity contribution is 4.92. The minimum Gasteiger partial charge on any atom is -0.0859 e. The van der Waals surface area contributed by atoms with Gasteiger partial charge in [0.15, 0.2) is 0 Å². The third-order valence-electron chi connectivity index (χ3n) is 2.69. The topological polar surface area (TPSA) is 0 Å². The summed E-state index contributed by atoms with van der Waals surface area (Å²) < 4.78 is 0. The number of allylic oxidation sites excluding steroid dienone is 2. The molecular formula is C14H28. The molecule has 0 aromatic heterocycles. The van der Waals surface area contributed by atoms with Crippen LogP contribution in [0.4, 0.5) is 0 Å². The van der Waals surface area contributed by atoms with Crippen LogP contribution in [0.2, 0.25) is 0 Å². The Balaban J connectivity index is 3.37. The molecule has 0 radical (unpaired) electrons. The summed E-state index contributed by atoms with van der Waals surface area (Å²) >= 11 is 0. The van der Waals surface area contributed by atoms with E-state index in [2.05, 4.69) is 40.7 Å². The zero-order chi connectivity index (χ0) is 11.0. The summed E-state index contributed by atoms with van der Waals surface area (Å²) in [4.78, 5) is 0. The predicted octanol–water partition coefficient (Wildman–Crippen LogP) is 5.20. The molecule has 0 bridgehead atoms. The van der Waals surface area contributed by atoms with E-state index >= 15 is 0 Å². The van der Waals surface area contributed by atoms with E-state index in [4.69, 9.17) is 0 Å². The third-order valence-corrected chi connectivity index (χ3v) is 2.69.